The minimum absolute atomic E-state index is 0.297. The predicted octanol–water partition coefficient (Wildman–Crippen LogP) is 6.20. The van der Waals surface area contributed by atoms with Gasteiger partial charge >= 0.3 is 0 Å². The molecule has 0 spiro atoms. The lowest BCUT2D eigenvalue weighted by atomic mass is 10.0. The summed E-state index contributed by atoms with van der Waals surface area (Å²) in [6.45, 7) is 9.27. The van der Waals surface area contributed by atoms with Gasteiger partial charge in [-0.1, -0.05) is 32.1 Å². The molecule has 4 heteroatoms. The molecule has 0 atom stereocenters. The van der Waals surface area contributed by atoms with Crippen molar-refractivity contribution in [3.05, 3.63) is 82.7 Å². The van der Waals surface area contributed by atoms with Crippen molar-refractivity contribution in [2.45, 2.75) is 33.6 Å². The third-order valence-corrected chi connectivity index (χ3v) is 4.21. The van der Waals surface area contributed by atoms with Gasteiger partial charge in [0, 0.05) is 22.5 Å². The summed E-state index contributed by atoms with van der Waals surface area (Å²) in [5.74, 6) is -0.721. The molecule has 0 aliphatic heterocycles. The Bertz CT molecular complexity index is 888. The molecule has 1 aromatic carbocycles. The molecule has 0 unspecified atom stereocenters. The number of aromatic amines is 1. The lowest BCUT2D eigenvalue weighted by molar-refractivity contribution is 0.112. The fourth-order valence-corrected chi connectivity index (χ4v) is 2.75. The second-order valence-electron chi connectivity index (χ2n) is 6.17. The van der Waals surface area contributed by atoms with E-state index in [9.17, 15) is 13.6 Å². The fourth-order valence-electron chi connectivity index (χ4n) is 2.75. The maximum Gasteiger partial charge on any atom is 0.151 e. The van der Waals surface area contributed by atoms with E-state index in [-0.39, 0.29) is 5.82 Å². The topological polar surface area (TPSA) is 32.9 Å². The molecule has 1 N–H and O–H groups in total. The number of H-pyrrole nitrogens is 1. The summed E-state index contributed by atoms with van der Waals surface area (Å²) in [6.07, 6.45) is 5.31. The Kier molecular flexibility index (Phi) is 6.45. The molecule has 0 amide bonds. The van der Waals surface area contributed by atoms with Crippen molar-refractivity contribution < 1.29 is 13.6 Å². The van der Waals surface area contributed by atoms with Crippen LogP contribution < -0.4 is 0 Å². The molecular formula is C22H23F2NO. The molecule has 0 saturated carbocycles. The van der Waals surface area contributed by atoms with Gasteiger partial charge in [-0.05, 0) is 61.2 Å². The van der Waals surface area contributed by atoms with Crippen LogP contribution in [0.5, 0.6) is 0 Å². The monoisotopic (exact) mass is 355 g/mol. The maximum atomic E-state index is 14.5. The summed E-state index contributed by atoms with van der Waals surface area (Å²) in [6, 6.07) is 6.30. The molecule has 0 fully saturated rings. The minimum atomic E-state index is -0.424. The van der Waals surface area contributed by atoms with Gasteiger partial charge < -0.3 is 4.98 Å². The summed E-state index contributed by atoms with van der Waals surface area (Å²) in [7, 11) is 0. The van der Waals surface area contributed by atoms with Gasteiger partial charge in [0.2, 0.25) is 0 Å². The number of carbonyl (C=O) groups excluding carboxylic acids is 1. The molecule has 0 aliphatic rings. The molecule has 1 heterocycles. The number of aryl methyl sites for hydroxylation is 2. The van der Waals surface area contributed by atoms with E-state index in [0.717, 1.165) is 18.4 Å². The lowest BCUT2D eigenvalue weighted by Gasteiger charge is -2.08. The van der Waals surface area contributed by atoms with Gasteiger partial charge in [-0.25, -0.2) is 8.78 Å². The highest BCUT2D eigenvalue weighted by atomic mass is 19.1. The average Bonchev–Trinajstić information content (AvgIpc) is 3.04. The van der Waals surface area contributed by atoms with Gasteiger partial charge in [0.05, 0.1) is 0 Å². The highest BCUT2D eigenvalue weighted by Crippen LogP contribution is 2.29. The van der Waals surface area contributed by atoms with Crippen LogP contribution in [0.25, 0.3) is 11.1 Å². The Labute approximate surface area is 153 Å². The van der Waals surface area contributed by atoms with Gasteiger partial charge in [-0.3, -0.25) is 4.79 Å². The quantitative estimate of drug-likeness (QED) is 0.466. The summed E-state index contributed by atoms with van der Waals surface area (Å²) in [5, 5.41) is 0. The maximum absolute atomic E-state index is 14.5. The lowest BCUT2D eigenvalue weighted by Crippen LogP contribution is -1.92. The summed E-state index contributed by atoms with van der Waals surface area (Å²) < 4.78 is 28.0. The predicted molar refractivity (Wildman–Crippen MR) is 103 cm³/mol. The Morgan fingerprint density at radius 3 is 2.62 bits per heavy atom. The Morgan fingerprint density at radius 2 is 2.04 bits per heavy atom. The Hall–Kier alpha value is -2.75. The number of nitrogens with one attached hydrogen (secondary N) is 1. The van der Waals surface area contributed by atoms with Crippen LogP contribution in [0, 0.1) is 12.7 Å². The first-order valence-corrected chi connectivity index (χ1v) is 8.58. The van der Waals surface area contributed by atoms with Gasteiger partial charge in [-0.2, -0.15) is 0 Å². The van der Waals surface area contributed by atoms with Crippen molar-refractivity contribution in [2.75, 3.05) is 0 Å². The third-order valence-electron chi connectivity index (χ3n) is 4.21. The number of aldehydes is 1. The smallest absolute Gasteiger partial charge is 0.151 e. The van der Waals surface area contributed by atoms with Gasteiger partial charge in [0.1, 0.15) is 11.6 Å². The molecule has 2 rings (SSSR count). The number of carbonyl (C=O) groups is 1. The molecule has 0 radical (unpaired) electrons. The van der Waals surface area contributed by atoms with Crippen LogP contribution in [0.1, 0.15) is 53.1 Å². The van der Waals surface area contributed by atoms with E-state index in [0.29, 0.717) is 40.0 Å². The van der Waals surface area contributed by atoms with E-state index in [2.05, 4.69) is 11.6 Å². The molecule has 0 saturated heterocycles. The number of hydrogen-bond acceptors (Lipinski definition) is 1. The molecule has 2 nitrogen and oxygen atoms in total. The van der Waals surface area contributed by atoms with Crippen LogP contribution >= 0.6 is 0 Å². The number of halogens is 2. The molecule has 1 aromatic heterocycles. The van der Waals surface area contributed by atoms with Crippen molar-refractivity contribution in [3.8, 4) is 0 Å². The summed E-state index contributed by atoms with van der Waals surface area (Å²) in [5.41, 5.74) is 3.91. The first kappa shape index (κ1) is 19.6. The zero-order valence-corrected chi connectivity index (χ0v) is 15.3. The van der Waals surface area contributed by atoms with Crippen molar-refractivity contribution in [1.82, 2.24) is 4.98 Å². The first-order valence-electron chi connectivity index (χ1n) is 8.58. The van der Waals surface area contributed by atoms with Gasteiger partial charge in [0.25, 0.3) is 0 Å². The van der Waals surface area contributed by atoms with E-state index in [1.165, 1.54) is 12.1 Å². The van der Waals surface area contributed by atoms with Crippen molar-refractivity contribution in [1.29, 1.82) is 0 Å². The number of aromatic nitrogens is 1. The second-order valence-corrected chi connectivity index (χ2v) is 6.17. The summed E-state index contributed by atoms with van der Waals surface area (Å²) >= 11 is 0. The van der Waals surface area contributed by atoms with E-state index < -0.39 is 5.83 Å². The standard InChI is InChI=1S/C22H23F2NO/c1-5-7-21-17(13-26)12-22(25-21)18(19(23)6-2)11-14(3)16-8-9-20(24)15(4)10-16/h6,8-13,25H,3,5,7H2,1-2,4H3/b18-11+,19-6+. The fraction of sp³-hybridized carbons (Fsp3) is 0.227. The largest absolute Gasteiger partial charge is 0.358 e. The highest BCUT2D eigenvalue weighted by Gasteiger charge is 2.14. The van der Waals surface area contributed by atoms with Crippen LogP contribution in [-0.4, -0.2) is 11.3 Å². The minimum Gasteiger partial charge on any atom is -0.358 e. The van der Waals surface area contributed by atoms with Crippen molar-refractivity contribution >= 4 is 17.4 Å². The number of hydrogen-bond donors (Lipinski definition) is 1. The van der Waals surface area contributed by atoms with Crippen LogP contribution in [0.4, 0.5) is 8.78 Å². The number of allylic oxidation sites excluding steroid dienone is 5. The summed E-state index contributed by atoms with van der Waals surface area (Å²) in [4.78, 5) is 14.4. The van der Waals surface area contributed by atoms with Crippen molar-refractivity contribution in [2.24, 2.45) is 0 Å². The number of benzene rings is 1. The zero-order chi connectivity index (χ0) is 19.3. The van der Waals surface area contributed by atoms with Crippen LogP contribution in [-0.2, 0) is 6.42 Å². The number of rotatable bonds is 7. The van der Waals surface area contributed by atoms with Gasteiger partial charge in [-0.15, -0.1) is 0 Å². The average molecular weight is 355 g/mol. The molecule has 136 valence electrons. The van der Waals surface area contributed by atoms with E-state index in [1.54, 1.807) is 38.1 Å². The van der Waals surface area contributed by atoms with Gasteiger partial charge in [0.15, 0.2) is 6.29 Å². The molecule has 0 aliphatic carbocycles. The first-order chi connectivity index (χ1) is 12.4. The SMILES string of the molecule is C=C(/C=C(\C(F)=C/C)c1cc(C=O)c(CCC)[nH]1)c1ccc(F)c(C)c1. The van der Waals surface area contributed by atoms with Crippen LogP contribution in [0.15, 0.2) is 48.8 Å². The van der Waals surface area contributed by atoms with E-state index in [4.69, 9.17) is 0 Å². The molecule has 0 bridgehead atoms. The normalized spacial score (nSPS) is 12.3. The molecule has 26 heavy (non-hydrogen) atoms. The molecule has 2 aromatic rings. The second kappa shape index (κ2) is 8.56. The zero-order valence-electron chi connectivity index (χ0n) is 15.3. The van der Waals surface area contributed by atoms with E-state index >= 15 is 0 Å². The Morgan fingerprint density at radius 1 is 1.31 bits per heavy atom. The van der Waals surface area contributed by atoms with Crippen LogP contribution in [0.2, 0.25) is 0 Å². The van der Waals surface area contributed by atoms with Crippen molar-refractivity contribution in [3.63, 3.8) is 0 Å². The van der Waals surface area contributed by atoms with Crippen LogP contribution in [0.3, 0.4) is 0 Å². The molecular weight excluding hydrogens is 332 g/mol. The highest BCUT2D eigenvalue weighted by molar-refractivity contribution is 5.89. The van der Waals surface area contributed by atoms with E-state index in [1.807, 2.05) is 6.92 Å². The Balaban J connectivity index is 2.50. The third kappa shape index (κ3) is 4.26.